The maximum absolute atomic E-state index is 2.20. The van der Waals surface area contributed by atoms with E-state index in [9.17, 15) is 0 Å². The van der Waals surface area contributed by atoms with Crippen LogP contribution in [0.25, 0.3) is 21.5 Å². The fraction of sp³-hybridized carbons (Fsp3) is 0.208. The maximum Gasteiger partial charge on any atom is 3.00 e. The van der Waals surface area contributed by atoms with Gasteiger partial charge in [-0.3, -0.25) is 0 Å². The zero-order chi connectivity index (χ0) is 16.7. The minimum atomic E-state index is 0. The number of benzene rings is 2. The topological polar surface area (TPSA) is 0 Å². The Bertz CT molecular complexity index is 727. The molecule has 4 heteroatoms. The molecule has 4 rings (SSSR count). The summed E-state index contributed by atoms with van der Waals surface area (Å²) in [5, 5.41) is 5.39. The smallest absolute Gasteiger partial charge is 0.358 e. The Morgan fingerprint density at radius 3 is 1.25 bits per heavy atom. The van der Waals surface area contributed by atoms with Crippen molar-refractivity contribution in [3.63, 3.8) is 0 Å². The molecule has 0 aliphatic rings. The minimum Gasteiger partial charge on any atom is -0.358 e. The number of hydrogen-bond donors (Lipinski definition) is 0. The molecule has 4 aromatic carbocycles. The van der Waals surface area contributed by atoms with Crippen LogP contribution < -0.4 is 0 Å². The van der Waals surface area contributed by atoms with Crippen molar-refractivity contribution >= 4 is 57.3 Å². The van der Waals surface area contributed by atoms with Gasteiger partial charge in [-0.25, -0.2) is 0 Å². The van der Waals surface area contributed by atoms with Crippen LogP contribution in [0.15, 0.2) is 72.8 Å². The molecular weight excluding hydrogens is 478 g/mol. The first-order valence-electron chi connectivity index (χ1n) is 8.38. The van der Waals surface area contributed by atoms with Crippen LogP contribution >= 0.6 is 24.8 Å². The minimum absolute atomic E-state index is 0. The van der Waals surface area contributed by atoms with E-state index in [2.05, 4.69) is 100 Å². The quantitative estimate of drug-likeness (QED) is 0.166. The van der Waals surface area contributed by atoms with Gasteiger partial charge in [-0.1, -0.05) is 46.2 Å². The zero-order valence-electron chi connectivity index (χ0n) is 17.5. The molecular formula is C24H31Cl2SiZr. The summed E-state index contributed by atoms with van der Waals surface area (Å²) in [6, 6.07) is 25.7. The molecule has 0 saturated carbocycles. The monoisotopic (exact) mass is 507 g/mol. The first-order valence-corrected chi connectivity index (χ1v) is 8.38. The van der Waals surface area contributed by atoms with Gasteiger partial charge in [-0.2, -0.15) is 12.1 Å². The molecule has 0 amide bonds. The molecule has 0 atom stereocenters. The summed E-state index contributed by atoms with van der Waals surface area (Å²) in [6.07, 6.45) is 1.25. The second kappa shape index (κ2) is 18.4. The van der Waals surface area contributed by atoms with Gasteiger partial charge in [0.25, 0.3) is 0 Å². The molecule has 0 aliphatic heterocycles. The van der Waals surface area contributed by atoms with E-state index in [0.29, 0.717) is 0 Å². The van der Waals surface area contributed by atoms with Crippen LogP contribution in [-0.2, 0) is 26.2 Å². The van der Waals surface area contributed by atoms with Crippen molar-refractivity contribution in [3.05, 3.63) is 91.3 Å². The third-order valence-electron chi connectivity index (χ3n) is 3.52. The average Bonchev–Trinajstić information content (AvgIpc) is 3.08. The van der Waals surface area contributed by atoms with Crippen molar-refractivity contribution < 1.29 is 26.2 Å². The van der Waals surface area contributed by atoms with Crippen molar-refractivity contribution in [2.75, 3.05) is 0 Å². The number of hydrogen-bond acceptors (Lipinski definition) is 0. The van der Waals surface area contributed by atoms with Crippen molar-refractivity contribution in [3.8, 4) is 0 Å². The summed E-state index contributed by atoms with van der Waals surface area (Å²) in [5.41, 5.74) is 2.70. The molecule has 149 valence electrons. The van der Waals surface area contributed by atoms with E-state index in [-0.39, 0.29) is 69.4 Å². The molecule has 4 aromatic rings. The third kappa shape index (κ3) is 10.8. The van der Waals surface area contributed by atoms with E-state index in [1.165, 1.54) is 39.1 Å². The van der Waals surface area contributed by atoms with E-state index in [4.69, 9.17) is 0 Å². The largest absolute Gasteiger partial charge is 3.00 e. The van der Waals surface area contributed by atoms with Gasteiger partial charge in [0.05, 0.1) is 0 Å². The number of fused-ring (bicyclic) bond motifs is 2. The predicted octanol–water partition coefficient (Wildman–Crippen LogP) is 8.06. The molecule has 0 aliphatic carbocycles. The summed E-state index contributed by atoms with van der Waals surface area (Å²) in [6.45, 7) is 8.50. The summed E-state index contributed by atoms with van der Waals surface area (Å²) in [5.74, 6) is 0. The SMILES string of the molecule is CCC.Cc1cc2ccccc2[cH-]1.Cc1cc2ccccc2[cH-]1.Cl.Cl.[CH3-].[Si].[Zr+3]. The van der Waals surface area contributed by atoms with Gasteiger partial charge in [-0.05, 0) is 0 Å². The Balaban J connectivity index is -0.000000156. The maximum atomic E-state index is 2.20. The molecule has 0 spiro atoms. The van der Waals surface area contributed by atoms with Gasteiger partial charge >= 0.3 is 26.2 Å². The number of halogens is 2. The first-order chi connectivity index (χ1) is 11.1. The second-order valence-corrected chi connectivity index (χ2v) is 6.03. The van der Waals surface area contributed by atoms with E-state index >= 15 is 0 Å². The van der Waals surface area contributed by atoms with Crippen LogP contribution in [0, 0.1) is 21.3 Å². The molecule has 0 fully saturated rings. The van der Waals surface area contributed by atoms with Crippen LogP contribution in [0.5, 0.6) is 0 Å². The Morgan fingerprint density at radius 1 is 0.679 bits per heavy atom. The fourth-order valence-corrected chi connectivity index (χ4v) is 2.61. The molecule has 0 bridgehead atoms. The normalized spacial score (nSPS) is 8.14. The second-order valence-electron chi connectivity index (χ2n) is 6.03. The molecule has 5 radical (unpaired) electrons. The van der Waals surface area contributed by atoms with E-state index in [1.54, 1.807) is 0 Å². The molecule has 0 unspecified atom stereocenters. The van der Waals surface area contributed by atoms with Gasteiger partial charge in [-0.15, -0.1) is 106 Å². The molecule has 0 saturated heterocycles. The van der Waals surface area contributed by atoms with E-state index in [1.807, 2.05) is 0 Å². The molecule has 0 N–H and O–H groups in total. The summed E-state index contributed by atoms with van der Waals surface area (Å²) < 4.78 is 0. The number of aryl methyl sites for hydroxylation is 2. The van der Waals surface area contributed by atoms with Gasteiger partial charge in [0.1, 0.15) is 0 Å². The summed E-state index contributed by atoms with van der Waals surface area (Å²) in [7, 11) is 0. The van der Waals surface area contributed by atoms with Gasteiger partial charge in [0.2, 0.25) is 0 Å². The average molecular weight is 510 g/mol. The van der Waals surface area contributed by atoms with Crippen molar-refractivity contribution in [1.29, 1.82) is 0 Å². The molecule has 28 heavy (non-hydrogen) atoms. The van der Waals surface area contributed by atoms with Crippen LogP contribution in [0.2, 0.25) is 0 Å². The number of rotatable bonds is 0. The van der Waals surface area contributed by atoms with E-state index < -0.39 is 0 Å². The summed E-state index contributed by atoms with van der Waals surface area (Å²) in [4.78, 5) is 0. The Hall–Kier alpha value is -0.660. The van der Waals surface area contributed by atoms with Crippen LogP contribution in [0.4, 0.5) is 0 Å². The Labute approximate surface area is 207 Å². The first kappa shape index (κ1) is 34.8. The van der Waals surface area contributed by atoms with Gasteiger partial charge in [0.15, 0.2) is 0 Å². The van der Waals surface area contributed by atoms with Crippen LogP contribution in [0.3, 0.4) is 0 Å². The standard InChI is InChI=1S/2C10H9.C3H8.CH3.2ClH.Si.Zr/c2*1-8-6-9-4-2-3-5-10(9)7-8;1-3-2;;;;;/h2*2-7H,1H3;3H2,1-2H3;1H3;2*1H;;/q2*-1;;-1;;;;+3. The van der Waals surface area contributed by atoms with E-state index in [0.717, 1.165) is 0 Å². The zero-order valence-corrected chi connectivity index (χ0v) is 22.5. The van der Waals surface area contributed by atoms with Crippen molar-refractivity contribution in [2.45, 2.75) is 34.1 Å². The van der Waals surface area contributed by atoms with Gasteiger partial charge in [0, 0.05) is 11.0 Å². The third-order valence-corrected chi connectivity index (χ3v) is 3.52. The predicted molar refractivity (Wildman–Crippen MR) is 131 cm³/mol. The Kier molecular flexibility index (Phi) is 22.8. The van der Waals surface area contributed by atoms with Crippen molar-refractivity contribution in [1.82, 2.24) is 0 Å². The molecule has 0 nitrogen and oxygen atoms in total. The van der Waals surface area contributed by atoms with Crippen LogP contribution in [-0.4, -0.2) is 11.0 Å². The fourth-order valence-electron chi connectivity index (χ4n) is 2.61. The van der Waals surface area contributed by atoms with Crippen molar-refractivity contribution in [2.24, 2.45) is 0 Å². The molecule has 0 heterocycles. The Morgan fingerprint density at radius 2 is 0.964 bits per heavy atom. The van der Waals surface area contributed by atoms with Gasteiger partial charge < -0.3 is 7.43 Å². The van der Waals surface area contributed by atoms with Crippen LogP contribution in [0.1, 0.15) is 31.4 Å². The summed E-state index contributed by atoms with van der Waals surface area (Å²) >= 11 is 0. The molecule has 0 aromatic heterocycles.